The van der Waals surface area contributed by atoms with E-state index >= 15 is 0 Å². The van der Waals surface area contributed by atoms with Crippen molar-refractivity contribution in [3.8, 4) is 0 Å². The molecule has 21 heavy (non-hydrogen) atoms. The first-order valence-electron chi connectivity index (χ1n) is 6.22. The van der Waals surface area contributed by atoms with Crippen LogP contribution in [0.15, 0.2) is 18.2 Å². The lowest BCUT2D eigenvalue weighted by atomic mass is 10.1. The topological polar surface area (TPSA) is 104 Å². The molecule has 7 heteroatoms. The van der Waals surface area contributed by atoms with Gasteiger partial charge in [0.05, 0.1) is 22.4 Å². The Bertz CT molecular complexity index is 640. The maximum atomic E-state index is 12.1. The van der Waals surface area contributed by atoms with E-state index in [9.17, 15) is 14.4 Å². The van der Waals surface area contributed by atoms with E-state index in [-0.39, 0.29) is 16.3 Å². The fraction of sp³-hybridized carbons (Fsp3) is 0.357. The van der Waals surface area contributed by atoms with Crippen LogP contribution in [0.3, 0.4) is 0 Å². The number of carboxylic acids is 2. The molecule has 0 radical (unpaired) electrons. The zero-order valence-corrected chi connectivity index (χ0v) is 12.1. The number of nitrogens with one attached hydrogen (secondary N) is 1. The van der Waals surface area contributed by atoms with Crippen molar-refractivity contribution < 1.29 is 24.6 Å². The molecule has 6 nitrogen and oxygen atoms in total. The van der Waals surface area contributed by atoms with Crippen LogP contribution in [0.1, 0.15) is 24.2 Å². The lowest BCUT2D eigenvalue weighted by Crippen LogP contribution is -2.18. The standard InChI is InChI=1S/C14H14ClNO5/c1-14(2)9(10(14)13(20)21)11(17)16-6-3-4-8(15)7(5-6)12(18)19/h3-5,9-10H,1-2H3,(H,16,17)(H,18,19)(H,20,21). The van der Waals surface area contributed by atoms with Crippen molar-refractivity contribution in [3.63, 3.8) is 0 Å². The molecule has 1 saturated carbocycles. The largest absolute Gasteiger partial charge is 0.481 e. The van der Waals surface area contributed by atoms with Gasteiger partial charge in [0.25, 0.3) is 0 Å². The van der Waals surface area contributed by atoms with Gasteiger partial charge < -0.3 is 15.5 Å². The summed E-state index contributed by atoms with van der Waals surface area (Å²) >= 11 is 5.74. The lowest BCUT2D eigenvalue weighted by Gasteiger charge is -2.08. The van der Waals surface area contributed by atoms with Crippen LogP contribution in [0, 0.1) is 17.3 Å². The second-order valence-corrected chi connectivity index (χ2v) is 6.01. The van der Waals surface area contributed by atoms with Gasteiger partial charge in [0, 0.05) is 5.69 Å². The van der Waals surface area contributed by atoms with Crippen LogP contribution in [-0.2, 0) is 9.59 Å². The van der Waals surface area contributed by atoms with Crippen LogP contribution >= 0.6 is 11.6 Å². The maximum Gasteiger partial charge on any atom is 0.337 e. The quantitative estimate of drug-likeness (QED) is 0.791. The minimum atomic E-state index is -1.20. The number of hydrogen-bond donors (Lipinski definition) is 3. The van der Waals surface area contributed by atoms with Crippen molar-refractivity contribution in [2.45, 2.75) is 13.8 Å². The van der Waals surface area contributed by atoms with Crippen LogP contribution in [-0.4, -0.2) is 28.1 Å². The molecule has 1 fully saturated rings. The summed E-state index contributed by atoms with van der Waals surface area (Å²) in [7, 11) is 0. The third-order valence-electron chi connectivity index (χ3n) is 3.84. The van der Waals surface area contributed by atoms with Crippen molar-refractivity contribution in [1.29, 1.82) is 0 Å². The zero-order chi connectivity index (χ0) is 15.9. The highest BCUT2D eigenvalue weighted by Gasteiger charge is 2.65. The van der Waals surface area contributed by atoms with E-state index in [0.717, 1.165) is 0 Å². The molecule has 1 amide bonds. The van der Waals surface area contributed by atoms with Crippen LogP contribution in [0.5, 0.6) is 0 Å². The molecule has 1 aromatic rings. The highest BCUT2D eigenvalue weighted by molar-refractivity contribution is 6.33. The molecule has 2 rings (SSSR count). The third-order valence-corrected chi connectivity index (χ3v) is 4.17. The number of aliphatic carboxylic acids is 1. The number of carbonyl (C=O) groups excluding carboxylic acids is 1. The Labute approximate surface area is 125 Å². The third kappa shape index (κ3) is 2.71. The zero-order valence-electron chi connectivity index (χ0n) is 11.4. The van der Waals surface area contributed by atoms with E-state index < -0.39 is 35.1 Å². The molecule has 0 saturated heterocycles. The molecule has 112 valence electrons. The minimum absolute atomic E-state index is 0.0654. The van der Waals surface area contributed by atoms with Gasteiger partial charge in [0.2, 0.25) is 5.91 Å². The molecule has 1 aromatic carbocycles. The summed E-state index contributed by atoms with van der Waals surface area (Å²) in [6, 6.07) is 4.08. The number of hydrogen-bond acceptors (Lipinski definition) is 3. The average Bonchev–Trinajstić information content (AvgIpc) is 2.94. The van der Waals surface area contributed by atoms with Crippen molar-refractivity contribution in [3.05, 3.63) is 28.8 Å². The molecule has 0 heterocycles. The normalized spacial score (nSPS) is 22.4. The highest BCUT2D eigenvalue weighted by atomic mass is 35.5. The van der Waals surface area contributed by atoms with Gasteiger partial charge in [-0.1, -0.05) is 25.4 Å². The van der Waals surface area contributed by atoms with Crippen molar-refractivity contribution >= 4 is 35.1 Å². The molecule has 2 atom stereocenters. The number of rotatable bonds is 4. The smallest absolute Gasteiger partial charge is 0.337 e. The Morgan fingerprint density at radius 3 is 2.29 bits per heavy atom. The first-order valence-corrected chi connectivity index (χ1v) is 6.60. The molecule has 0 bridgehead atoms. The van der Waals surface area contributed by atoms with Crippen LogP contribution in [0.4, 0.5) is 5.69 Å². The van der Waals surface area contributed by atoms with E-state index in [2.05, 4.69) is 5.32 Å². The first-order chi connectivity index (χ1) is 9.66. The first kappa shape index (κ1) is 15.3. The van der Waals surface area contributed by atoms with E-state index in [0.29, 0.717) is 0 Å². The summed E-state index contributed by atoms with van der Waals surface area (Å²) in [5.41, 5.74) is -0.467. The van der Waals surface area contributed by atoms with E-state index in [1.54, 1.807) is 13.8 Å². The Balaban J connectivity index is 2.17. The summed E-state index contributed by atoms with van der Waals surface area (Å²) < 4.78 is 0. The molecule has 0 aliphatic heterocycles. The molecule has 1 aliphatic rings. The maximum absolute atomic E-state index is 12.1. The monoisotopic (exact) mass is 311 g/mol. The number of carboxylic acid groups (broad SMARTS) is 2. The summed E-state index contributed by atoms with van der Waals surface area (Å²) in [4.78, 5) is 34.1. The average molecular weight is 312 g/mol. The lowest BCUT2D eigenvalue weighted by molar-refractivity contribution is -0.140. The van der Waals surface area contributed by atoms with E-state index in [1.165, 1.54) is 18.2 Å². The molecular weight excluding hydrogens is 298 g/mol. The van der Waals surface area contributed by atoms with Gasteiger partial charge in [-0.25, -0.2) is 4.79 Å². The molecule has 3 N–H and O–H groups in total. The van der Waals surface area contributed by atoms with Gasteiger partial charge in [-0.05, 0) is 23.6 Å². The number of aromatic carboxylic acids is 1. The Morgan fingerprint density at radius 2 is 1.81 bits per heavy atom. The second-order valence-electron chi connectivity index (χ2n) is 5.60. The number of halogens is 1. The molecule has 0 spiro atoms. The van der Waals surface area contributed by atoms with Gasteiger partial charge in [-0.15, -0.1) is 0 Å². The van der Waals surface area contributed by atoms with Crippen molar-refractivity contribution in [2.75, 3.05) is 5.32 Å². The number of carbonyl (C=O) groups is 3. The summed E-state index contributed by atoms with van der Waals surface area (Å²) in [5.74, 6) is -4.03. The highest BCUT2D eigenvalue weighted by Crippen LogP contribution is 2.58. The van der Waals surface area contributed by atoms with Gasteiger partial charge in [0.15, 0.2) is 0 Å². The van der Waals surface area contributed by atoms with Gasteiger partial charge in [-0.2, -0.15) is 0 Å². The van der Waals surface area contributed by atoms with Crippen LogP contribution in [0.25, 0.3) is 0 Å². The molecular formula is C14H14ClNO5. The summed E-state index contributed by atoms with van der Waals surface area (Å²) in [6.07, 6.45) is 0. The Kier molecular flexibility index (Phi) is 3.67. The fourth-order valence-electron chi connectivity index (χ4n) is 2.57. The Morgan fingerprint density at radius 1 is 1.19 bits per heavy atom. The van der Waals surface area contributed by atoms with Crippen LogP contribution in [0.2, 0.25) is 5.02 Å². The van der Waals surface area contributed by atoms with E-state index in [4.69, 9.17) is 21.8 Å². The number of amides is 1. The fourth-order valence-corrected chi connectivity index (χ4v) is 2.77. The summed E-state index contributed by atoms with van der Waals surface area (Å²) in [5, 5.41) is 20.6. The molecule has 2 unspecified atom stereocenters. The van der Waals surface area contributed by atoms with Crippen molar-refractivity contribution in [1.82, 2.24) is 0 Å². The van der Waals surface area contributed by atoms with Gasteiger partial charge in [-0.3, -0.25) is 9.59 Å². The number of benzene rings is 1. The molecule has 0 aromatic heterocycles. The van der Waals surface area contributed by atoms with E-state index in [1.807, 2.05) is 0 Å². The van der Waals surface area contributed by atoms with Gasteiger partial charge >= 0.3 is 11.9 Å². The predicted molar refractivity (Wildman–Crippen MR) is 75.4 cm³/mol. The predicted octanol–water partition coefficient (Wildman–Crippen LogP) is 2.33. The second kappa shape index (κ2) is 5.04. The van der Waals surface area contributed by atoms with Crippen LogP contribution < -0.4 is 5.32 Å². The molecule has 1 aliphatic carbocycles. The SMILES string of the molecule is CC1(C)C(C(=O)O)C1C(=O)Nc1ccc(Cl)c(C(=O)O)c1. The Hall–Kier alpha value is -2.08. The summed E-state index contributed by atoms with van der Waals surface area (Å²) in [6.45, 7) is 3.42. The van der Waals surface area contributed by atoms with Gasteiger partial charge in [0.1, 0.15) is 0 Å². The number of anilines is 1. The minimum Gasteiger partial charge on any atom is -0.481 e. The van der Waals surface area contributed by atoms with Crippen molar-refractivity contribution in [2.24, 2.45) is 17.3 Å².